The van der Waals surface area contributed by atoms with Gasteiger partial charge in [0.1, 0.15) is 12.4 Å². The minimum Gasteiger partial charge on any atom is -0.489 e. The fraction of sp³-hybridized carbons (Fsp3) is 0.200. The molecule has 3 aromatic carbocycles. The Bertz CT molecular complexity index is 840. The van der Waals surface area contributed by atoms with Gasteiger partial charge in [-0.2, -0.15) is 0 Å². The lowest BCUT2D eigenvalue weighted by atomic mass is 9.99. The predicted octanol–water partition coefficient (Wildman–Crippen LogP) is 6.85. The average Bonchev–Trinajstić information content (AvgIpc) is 2.55. The Morgan fingerprint density at radius 1 is 0.826 bits per heavy atom. The molecule has 0 amide bonds. The molecule has 0 saturated carbocycles. The van der Waals surface area contributed by atoms with Gasteiger partial charge >= 0.3 is 0 Å². The molecule has 0 aliphatic carbocycles. The molecule has 0 N–H and O–H groups in total. The van der Waals surface area contributed by atoms with Crippen LogP contribution in [0.15, 0.2) is 54.6 Å². The molecule has 0 fully saturated rings. The van der Waals surface area contributed by atoms with Crippen LogP contribution in [0.25, 0.3) is 10.8 Å². The molecule has 0 radical (unpaired) electrons. The van der Waals surface area contributed by atoms with Crippen LogP contribution in [0.3, 0.4) is 0 Å². The van der Waals surface area contributed by atoms with E-state index >= 15 is 0 Å². The number of benzene rings is 3. The Morgan fingerprint density at radius 3 is 2.35 bits per heavy atom. The topological polar surface area (TPSA) is 9.23 Å². The van der Waals surface area contributed by atoms with E-state index in [2.05, 4.69) is 44.2 Å². The first kappa shape index (κ1) is 16.2. The van der Waals surface area contributed by atoms with Crippen LogP contribution >= 0.6 is 23.2 Å². The molecule has 0 spiro atoms. The molecule has 0 unspecified atom stereocenters. The maximum atomic E-state index is 6.03. The summed E-state index contributed by atoms with van der Waals surface area (Å²) in [7, 11) is 0. The van der Waals surface area contributed by atoms with Crippen LogP contribution in [0.2, 0.25) is 10.0 Å². The van der Waals surface area contributed by atoms with E-state index in [0.717, 1.165) is 11.3 Å². The Balaban J connectivity index is 1.80. The van der Waals surface area contributed by atoms with E-state index in [-0.39, 0.29) is 0 Å². The van der Waals surface area contributed by atoms with Crippen molar-refractivity contribution in [3.63, 3.8) is 0 Å². The second-order valence-corrected chi connectivity index (χ2v) is 6.77. The maximum Gasteiger partial charge on any atom is 0.120 e. The normalized spacial score (nSPS) is 11.2. The molecule has 3 aromatic rings. The third-order valence-electron chi connectivity index (χ3n) is 3.89. The number of ether oxygens (including phenoxy) is 1. The molecule has 3 heteroatoms. The van der Waals surface area contributed by atoms with E-state index < -0.39 is 0 Å². The van der Waals surface area contributed by atoms with Gasteiger partial charge in [-0.3, -0.25) is 0 Å². The Kier molecular flexibility index (Phi) is 4.79. The molecule has 0 aromatic heterocycles. The quantitative estimate of drug-likeness (QED) is 0.502. The van der Waals surface area contributed by atoms with Crippen molar-refractivity contribution < 1.29 is 4.74 Å². The number of hydrogen-bond acceptors (Lipinski definition) is 1. The first-order valence-electron chi connectivity index (χ1n) is 7.63. The lowest BCUT2D eigenvalue weighted by molar-refractivity contribution is 0.306. The van der Waals surface area contributed by atoms with Crippen molar-refractivity contribution in [3.05, 3.63) is 75.8 Å². The van der Waals surface area contributed by atoms with Gasteiger partial charge in [0.2, 0.25) is 0 Å². The maximum absolute atomic E-state index is 6.03. The van der Waals surface area contributed by atoms with Gasteiger partial charge in [0.05, 0.1) is 10.0 Å². The summed E-state index contributed by atoms with van der Waals surface area (Å²) in [5.41, 5.74) is 2.33. The van der Waals surface area contributed by atoms with Crippen LogP contribution in [0.5, 0.6) is 5.75 Å². The molecule has 0 aliphatic rings. The summed E-state index contributed by atoms with van der Waals surface area (Å²) in [6.07, 6.45) is 0. The number of halogens is 2. The molecular weight excluding hydrogens is 327 g/mol. The standard InChI is InChI=1S/C20H18Cl2O/c1-13(2)16-5-4-15-6-7-18(11-17(15)10-16)23-12-14-3-8-19(21)20(22)9-14/h3-11,13H,12H2,1-2H3. The zero-order chi connectivity index (χ0) is 16.4. The molecule has 0 heterocycles. The summed E-state index contributed by atoms with van der Waals surface area (Å²) in [5, 5.41) is 3.52. The Hall–Kier alpha value is -1.70. The van der Waals surface area contributed by atoms with Crippen molar-refractivity contribution >= 4 is 34.0 Å². The molecule has 118 valence electrons. The Morgan fingerprint density at radius 2 is 1.61 bits per heavy atom. The van der Waals surface area contributed by atoms with Gasteiger partial charge in [-0.05, 0) is 52.1 Å². The number of rotatable bonds is 4. The van der Waals surface area contributed by atoms with E-state index in [1.807, 2.05) is 18.2 Å². The highest BCUT2D eigenvalue weighted by Crippen LogP contribution is 2.27. The molecule has 0 bridgehead atoms. The van der Waals surface area contributed by atoms with E-state index in [1.54, 1.807) is 6.07 Å². The van der Waals surface area contributed by atoms with Crippen molar-refractivity contribution in [3.8, 4) is 5.75 Å². The summed E-state index contributed by atoms with van der Waals surface area (Å²) in [4.78, 5) is 0. The van der Waals surface area contributed by atoms with Crippen molar-refractivity contribution in [2.75, 3.05) is 0 Å². The van der Waals surface area contributed by atoms with Crippen molar-refractivity contribution in [1.82, 2.24) is 0 Å². The molecular formula is C20H18Cl2O. The van der Waals surface area contributed by atoms with E-state index in [4.69, 9.17) is 27.9 Å². The summed E-state index contributed by atoms with van der Waals surface area (Å²) in [5.74, 6) is 1.37. The first-order valence-corrected chi connectivity index (χ1v) is 8.39. The third kappa shape index (κ3) is 3.80. The second kappa shape index (κ2) is 6.82. The van der Waals surface area contributed by atoms with Gasteiger partial charge in [-0.15, -0.1) is 0 Å². The predicted molar refractivity (Wildman–Crippen MR) is 98.8 cm³/mol. The first-order chi connectivity index (χ1) is 11.0. The number of hydrogen-bond donors (Lipinski definition) is 0. The van der Waals surface area contributed by atoms with Crippen LogP contribution in [0, 0.1) is 0 Å². The highest BCUT2D eigenvalue weighted by Gasteiger charge is 2.04. The van der Waals surface area contributed by atoms with Gasteiger partial charge in [-0.25, -0.2) is 0 Å². The van der Waals surface area contributed by atoms with Crippen LogP contribution in [0.1, 0.15) is 30.9 Å². The highest BCUT2D eigenvalue weighted by atomic mass is 35.5. The van der Waals surface area contributed by atoms with Crippen molar-refractivity contribution in [2.24, 2.45) is 0 Å². The van der Waals surface area contributed by atoms with Crippen molar-refractivity contribution in [2.45, 2.75) is 26.4 Å². The van der Waals surface area contributed by atoms with Gasteiger partial charge in [0.15, 0.2) is 0 Å². The molecule has 1 nitrogen and oxygen atoms in total. The van der Waals surface area contributed by atoms with Gasteiger partial charge in [0, 0.05) is 0 Å². The largest absolute Gasteiger partial charge is 0.489 e. The third-order valence-corrected chi connectivity index (χ3v) is 4.63. The van der Waals surface area contributed by atoms with E-state index in [9.17, 15) is 0 Å². The lowest BCUT2D eigenvalue weighted by Crippen LogP contribution is -1.95. The second-order valence-electron chi connectivity index (χ2n) is 5.96. The van der Waals surface area contributed by atoms with E-state index in [1.165, 1.54) is 16.3 Å². The summed E-state index contributed by atoms with van der Waals surface area (Å²) < 4.78 is 5.89. The zero-order valence-electron chi connectivity index (χ0n) is 13.1. The monoisotopic (exact) mass is 344 g/mol. The van der Waals surface area contributed by atoms with Crippen LogP contribution in [-0.2, 0) is 6.61 Å². The fourth-order valence-electron chi connectivity index (χ4n) is 2.49. The Labute approximate surface area is 146 Å². The van der Waals surface area contributed by atoms with Crippen LogP contribution < -0.4 is 4.74 Å². The smallest absolute Gasteiger partial charge is 0.120 e. The molecule has 0 saturated heterocycles. The summed E-state index contributed by atoms with van der Waals surface area (Å²) in [6, 6.07) is 18.3. The number of fused-ring (bicyclic) bond motifs is 1. The highest BCUT2D eigenvalue weighted by molar-refractivity contribution is 6.42. The molecule has 0 atom stereocenters. The molecule has 23 heavy (non-hydrogen) atoms. The van der Waals surface area contributed by atoms with Crippen LogP contribution in [0.4, 0.5) is 0 Å². The van der Waals surface area contributed by atoms with E-state index in [0.29, 0.717) is 22.6 Å². The zero-order valence-corrected chi connectivity index (χ0v) is 14.7. The fourth-order valence-corrected chi connectivity index (χ4v) is 2.81. The molecule has 0 aliphatic heterocycles. The SMILES string of the molecule is CC(C)c1ccc2ccc(OCc3ccc(Cl)c(Cl)c3)cc2c1. The van der Waals surface area contributed by atoms with Crippen LogP contribution in [-0.4, -0.2) is 0 Å². The lowest BCUT2D eigenvalue weighted by Gasteiger charge is -2.10. The van der Waals surface area contributed by atoms with Gasteiger partial charge < -0.3 is 4.74 Å². The van der Waals surface area contributed by atoms with Crippen molar-refractivity contribution in [1.29, 1.82) is 0 Å². The average molecular weight is 345 g/mol. The van der Waals surface area contributed by atoms with Gasteiger partial charge in [0.25, 0.3) is 0 Å². The summed E-state index contributed by atoms with van der Waals surface area (Å²) in [6.45, 7) is 4.86. The summed E-state index contributed by atoms with van der Waals surface area (Å²) >= 11 is 12.0. The van der Waals surface area contributed by atoms with Gasteiger partial charge in [-0.1, -0.05) is 67.4 Å². The minimum atomic E-state index is 0.465. The minimum absolute atomic E-state index is 0.465. The molecule has 3 rings (SSSR count).